The third-order valence-corrected chi connectivity index (χ3v) is 4.26. The number of imidazole rings is 1. The molecule has 1 heterocycles. The first kappa shape index (κ1) is 12.9. The number of halogens is 4. The van der Waals surface area contributed by atoms with Crippen molar-refractivity contribution < 1.29 is 4.39 Å². The molecule has 2 aromatic carbocycles. The number of aromatic nitrogens is 2. The summed E-state index contributed by atoms with van der Waals surface area (Å²) in [5.74, 6) is 0.216. The third-order valence-electron chi connectivity index (χ3n) is 2.73. The molecule has 6 heteroatoms. The van der Waals surface area contributed by atoms with Crippen LogP contribution in [-0.2, 0) is 0 Å². The Morgan fingerprint density at radius 1 is 1.16 bits per heavy atom. The molecule has 0 fully saturated rings. The van der Waals surface area contributed by atoms with Crippen molar-refractivity contribution in [2.45, 2.75) is 0 Å². The van der Waals surface area contributed by atoms with Gasteiger partial charge in [0.05, 0.1) is 25.6 Å². The first-order chi connectivity index (χ1) is 9.06. The molecular weight excluding hydrogens is 354 g/mol. The van der Waals surface area contributed by atoms with Crippen LogP contribution in [0.3, 0.4) is 0 Å². The maximum Gasteiger partial charge on any atom is 0.139 e. The summed E-state index contributed by atoms with van der Waals surface area (Å²) < 4.78 is 13.9. The standard InChI is InChI=1S/C13H6BrCl2FN2/c14-12-6(2-1-3-9(12)17)13-18-10-4-7(15)8(16)5-11(10)19-13/h1-5H,(H,18,19). The zero-order valence-electron chi connectivity index (χ0n) is 9.35. The average Bonchev–Trinajstić information content (AvgIpc) is 2.76. The van der Waals surface area contributed by atoms with Crippen LogP contribution in [0.4, 0.5) is 4.39 Å². The molecule has 3 aromatic rings. The fourth-order valence-electron chi connectivity index (χ4n) is 1.82. The highest BCUT2D eigenvalue weighted by Crippen LogP contribution is 2.32. The van der Waals surface area contributed by atoms with Crippen LogP contribution in [0, 0.1) is 5.82 Å². The van der Waals surface area contributed by atoms with Gasteiger partial charge in [-0.25, -0.2) is 9.37 Å². The predicted octanol–water partition coefficient (Wildman–Crippen LogP) is 5.44. The molecule has 1 aromatic heterocycles. The molecule has 0 aliphatic rings. The van der Waals surface area contributed by atoms with E-state index in [0.717, 1.165) is 5.52 Å². The van der Waals surface area contributed by atoms with Gasteiger partial charge in [-0.1, -0.05) is 29.3 Å². The summed E-state index contributed by atoms with van der Waals surface area (Å²) in [6, 6.07) is 8.15. The Balaban J connectivity index is 2.23. The number of rotatable bonds is 1. The highest BCUT2D eigenvalue weighted by atomic mass is 79.9. The van der Waals surface area contributed by atoms with E-state index in [1.54, 1.807) is 24.3 Å². The van der Waals surface area contributed by atoms with E-state index < -0.39 is 0 Å². The lowest BCUT2D eigenvalue weighted by atomic mass is 10.2. The predicted molar refractivity (Wildman–Crippen MR) is 79.2 cm³/mol. The Morgan fingerprint density at radius 2 is 1.89 bits per heavy atom. The lowest BCUT2D eigenvalue weighted by Gasteiger charge is -2.00. The Morgan fingerprint density at radius 3 is 2.68 bits per heavy atom. The number of hydrogen-bond acceptors (Lipinski definition) is 1. The molecule has 0 unspecified atom stereocenters. The van der Waals surface area contributed by atoms with E-state index >= 15 is 0 Å². The van der Waals surface area contributed by atoms with Crippen molar-refractivity contribution in [3.05, 3.63) is 50.7 Å². The van der Waals surface area contributed by atoms with Crippen LogP contribution in [0.1, 0.15) is 0 Å². The monoisotopic (exact) mass is 358 g/mol. The molecule has 0 saturated heterocycles. The van der Waals surface area contributed by atoms with Crippen LogP contribution in [0.15, 0.2) is 34.8 Å². The van der Waals surface area contributed by atoms with Gasteiger partial charge in [-0.05, 0) is 40.2 Å². The van der Waals surface area contributed by atoms with Crippen molar-refractivity contribution in [2.24, 2.45) is 0 Å². The number of benzene rings is 2. The minimum absolute atomic E-state index is 0.339. The number of nitrogens with zero attached hydrogens (tertiary/aromatic N) is 1. The summed E-state index contributed by atoms with van der Waals surface area (Å²) in [6.45, 7) is 0. The van der Waals surface area contributed by atoms with E-state index in [2.05, 4.69) is 25.9 Å². The van der Waals surface area contributed by atoms with Crippen LogP contribution in [0.5, 0.6) is 0 Å². The normalized spacial score (nSPS) is 11.2. The Labute approximate surface area is 126 Å². The summed E-state index contributed by atoms with van der Waals surface area (Å²) in [5.41, 5.74) is 2.07. The van der Waals surface area contributed by atoms with Gasteiger partial charge in [0, 0.05) is 5.56 Å². The van der Waals surface area contributed by atoms with Gasteiger partial charge in [0.2, 0.25) is 0 Å². The molecule has 1 N–H and O–H groups in total. The number of aromatic amines is 1. The van der Waals surface area contributed by atoms with Gasteiger partial charge in [-0.15, -0.1) is 0 Å². The molecule has 2 nitrogen and oxygen atoms in total. The molecule has 3 rings (SSSR count). The minimum atomic E-state index is -0.339. The van der Waals surface area contributed by atoms with Gasteiger partial charge in [0.15, 0.2) is 0 Å². The molecule has 0 amide bonds. The van der Waals surface area contributed by atoms with E-state index in [0.29, 0.717) is 31.4 Å². The summed E-state index contributed by atoms with van der Waals surface area (Å²) in [7, 11) is 0. The first-order valence-electron chi connectivity index (χ1n) is 5.35. The number of fused-ring (bicyclic) bond motifs is 1. The van der Waals surface area contributed by atoms with Crippen molar-refractivity contribution in [1.29, 1.82) is 0 Å². The van der Waals surface area contributed by atoms with Crippen LogP contribution in [-0.4, -0.2) is 9.97 Å². The third kappa shape index (κ3) is 2.24. The van der Waals surface area contributed by atoms with Gasteiger partial charge in [0.25, 0.3) is 0 Å². The molecule has 0 bridgehead atoms. The smallest absolute Gasteiger partial charge is 0.139 e. The van der Waals surface area contributed by atoms with E-state index in [4.69, 9.17) is 23.2 Å². The largest absolute Gasteiger partial charge is 0.338 e. The van der Waals surface area contributed by atoms with Crippen LogP contribution in [0.2, 0.25) is 10.0 Å². The highest BCUT2D eigenvalue weighted by Gasteiger charge is 2.12. The number of nitrogens with one attached hydrogen (secondary N) is 1. The number of H-pyrrole nitrogens is 1. The molecule has 0 atom stereocenters. The van der Waals surface area contributed by atoms with E-state index in [-0.39, 0.29) is 5.82 Å². The lowest BCUT2D eigenvalue weighted by Crippen LogP contribution is -1.85. The fourth-order valence-corrected chi connectivity index (χ4v) is 2.59. The van der Waals surface area contributed by atoms with Crippen LogP contribution in [0.25, 0.3) is 22.4 Å². The molecule has 0 radical (unpaired) electrons. The van der Waals surface area contributed by atoms with Crippen molar-refractivity contribution in [2.75, 3.05) is 0 Å². The van der Waals surface area contributed by atoms with E-state index in [1.165, 1.54) is 6.07 Å². The second-order valence-corrected chi connectivity index (χ2v) is 5.58. The Bertz CT molecular complexity index is 747. The minimum Gasteiger partial charge on any atom is -0.338 e. The van der Waals surface area contributed by atoms with Crippen molar-refractivity contribution in [3.63, 3.8) is 0 Å². The maximum atomic E-state index is 13.5. The zero-order chi connectivity index (χ0) is 13.6. The number of hydrogen-bond donors (Lipinski definition) is 1. The molecular formula is C13H6BrCl2FN2. The van der Waals surface area contributed by atoms with E-state index in [9.17, 15) is 4.39 Å². The van der Waals surface area contributed by atoms with Crippen molar-refractivity contribution in [3.8, 4) is 11.4 Å². The van der Waals surface area contributed by atoms with Gasteiger partial charge in [-0.3, -0.25) is 0 Å². The second-order valence-electron chi connectivity index (χ2n) is 3.97. The zero-order valence-corrected chi connectivity index (χ0v) is 12.4. The van der Waals surface area contributed by atoms with Gasteiger partial charge >= 0.3 is 0 Å². The summed E-state index contributed by atoms with van der Waals surface area (Å²) >= 11 is 15.1. The van der Waals surface area contributed by atoms with Gasteiger partial charge in [-0.2, -0.15) is 0 Å². The first-order valence-corrected chi connectivity index (χ1v) is 6.90. The Hall–Kier alpha value is -1.10. The molecule has 19 heavy (non-hydrogen) atoms. The van der Waals surface area contributed by atoms with Gasteiger partial charge < -0.3 is 4.98 Å². The van der Waals surface area contributed by atoms with E-state index in [1.807, 2.05) is 0 Å². The van der Waals surface area contributed by atoms with Crippen LogP contribution >= 0.6 is 39.1 Å². The maximum absolute atomic E-state index is 13.5. The molecule has 0 spiro atoms. The summed E-state index contributed by atoms with van der Waals surface area (Å²) in [5, 5.41) is 0.883. The van der Waals surface area contributed by atoms with Gasteiger partial charge in [0.1, 0.15) is 11.6 Å². The topological polar surface area (TPSA) is 28.7 Å². The highest BCUT2D eigenvalue weighted by molar-refractivity contribution is 9.10. The SMILES string of the molecule is Fc1cccc(-c2nc3cc(Cl)c(Cl)cc3[nH]2)c1Br. The van der Waals surface area contributed by atoms with Crippen molar-refractivity contribution in [1.82, 2.24) is 9.97 Å². The van der Waals surface area contributed by atoms with Crippen LogP contribution < -0.4 is 0 Å². The molecule has 0 aliphatic heterocycles. The average molecular weight is 360 g/mol. The quantitative estimate of drug-likeness (QED) is 0.615. The second kappa shape index (κ2) is 4.78. The lowest BCUT2D eigenvalue weighted by molar-refractivity contribution is 0.621. The summed E-state index contributed by atoms with van der Waals surface area (Å²) in [6.07, 6.45) is 0. The molecule has 0 aliphatic carbocycles. The molecule has 96 valence electrons. The Kier molecular flexibility index (Phi) is 3.25. The van der Waals surface area contributed by atoms with Crippen molar-refractivity contribution >= 4 is 50.2 Å². The fraction of sp³-hybridized carbons (Fsp3) is 0. The summed E-state index contributed by atoms with van der Waals surface area (Å²) in [4.78, 5) is 7.49. The molecule has 0 saturated carbocycles.